The van der Waals surface area contributed by atoms with Crippen molar-refractivity contribution in [2.75, 3.05) is 18.1 Å². The maximum absolute atomic E-state index is 12.5. The van der Waals surface area contributed by atoms with Gasteiger partial charge in [-0.05, 0) is 23.8 Å². The first-order valence-electron chi connectivity index (χ1n) is 8.93. The van der Waals surface area contributed by atoms with Crippen LogP contribution >= 0.6 is 0 Å². The van der Waals surface area contributed by atoms with Gasteiger partial charge in [0, 0.05) is 18.4 Å². The molecule has 0 spiro atoms. The van der Waals surface area contributed by atoms with Gasteiger partial charge >= 0.3 is 0 Å². The molecular formula is C20H23N3O4S. The number of carbonyl (C=O) groups excluding carboxylic acids is 1. The monoisotopic (exact) mass is 401 g/mol. The lowest BCUT2D eigenvalue weighted by Gasteiger charge is -2.21. The Hall–Kier alpha value is -2.87. The van der Waals surface area contributed by atoms with Crippen molar-refractivity contribution in [3.63, 3.8) is 0 Å². The second-order valence-electron chi connectivity index (χ2n) is 6.55. The van der Waals surface area contributed by atoms with Crippen molar-refractivity contribution in [2.24, 2.45) is 5.10 Å². The van der Waals surface area contributed by atoms with Crippen LogP contribution in [-0.2, 0) is 14.8 Å². The Balaban J connectivity index is 1.98. The minimum absolute atomic E-state index is 0.0932. The number of amides is 1. The van der Waals surface area contributed by atoms with E-state index in [1.165, 1.54) is 5.01 Å². The Morgan fingerprint density at radius 3 is 2.50 bits per heavy atom. The molecule has 0 bridgehead atoms. The molecule has 1 heterocycles. The van der Waals surface area contributed by atoms with Crippen LogP contribution in [0.4, 0.5) is 5.69 Å². The lowest BCUT2D eigenvalue weighted by atomic mass is 9.97. The smallest absolute Gasteiger partial charge is 0.242 e. The van der Waals surface area contributed by atoms with Gasteiger partial charge in [-0.15, -0.1) is 0 Å². The van der Waals surface area contributed by atoms with Crippen molar-refractivity contribution in [1.82, 2.24) is 5.01 Å². The van der Waals surface area contributed by atoms with Crippen LogP contribution in [-0.4, -0.2) is 38.4 Å². The molecule has 7 nitrogen and oxygen atoms in total. The van der Waals surface area contributed by atoms with Crippen molar-refractivity contribution in [3.05, 3.63) is 59.7 Å². The normalized spacial score (nSPS) is 16.6. The van der Waals surface area contributed by atoms with Crippen molar-refractivity contribution < 1.29 is 17.9 Å². The molecule has 1 unspecified atom stereocenters. The minimum atomic E-state index is -3.44. The van der Waals surface area contributed by atoms with Crippen molar-refractivity contribution in [3.8, 4) is 5.75 Å². The number of nitrogens with one attached hydrogen (secondary N) is 1. The van der Waals surface area contributed by atoms with Gasteiger partial charge in [-0.3, -0.25) is 9.52 Å². The second kappa shape index (κ2) is 8.02. The number of hydrazone groups is 1. The molecule has 0 saturated heterocycles. The van der Waals surface area contributed by atoms with E-state index in [4.69, 9.17) is 4.74 Å². The van der Waals surface area contributed by atoms with Gasteiger partial charge in [-0.1, -0.05) is 37.3 Å². The number of hydrogen-bond acceptors (Lipinski definition) is 5. The Bertz CT molecular complexity index is 1000. The molecule has 0 aliphatic carbocycles. The molecule has 8 heteroatoms. The fourth-order valence-electron chi connectivity index (χ4n) is 3.17. The quantitative estimate of drug-likeness (QED) is 0.805. The fraction of sp³-hybridized carbons (Fsp3) is 0.300. The maximum atomic E-state index is 12.5. The van der Waals surface area contributed by atoms with Crippen LogP contribution in [0.1, 0.15) is 36.9 Å². The first-order chi connectivity index (χ1) is 13.3. The molecule has 2 aromatic carbocycles. The summed E-state index contributed by atoms with van der Waals surface area (Å²) >= 11 is 0. The molecule has 0 radical (unpaired) electrons. The SMILES string of the molecule is CCC(=O)N1N=C(c2ccccc2NS(C)(=O)=O)CC1c1ccc(OC)cc1. The highest BCUT2D eigenvalue weighted by molar-refractivity contribution is 7.92. The highest BCUT2D eigenvalue weighted by Gasteiger charge is 2.33. The van der Waals surface area contributed by atoms with Crippen LogP contribution < -0.4 is 9.46 Å². The van der Waals surface area contributed by atoms with Crippen molar-refractivity contribution in [2.45, 2.75) is 25.8 Å². The molecule has 0 aromatic heterocycles. The van der Waals surface area contributed by atoms with Crippen molar-refractivity contribution in [1.29, 1.82) is 0 Å². The Morgan fingerprint density at radius 1 is 1.21 bits per heavy atom. The summed E-state index contributed by atoms with van der Waals surface area (Å²) in [4.78, 5) is 12.5. The number of sulfonamides is 1. The van der Waals surface area contributed by atoms with E-state index in [2.05, 4.69) is 9.82 Å². The topological polar surface area (TPSA) is 88.1 Å². The van der Waals surface area contributed by atoms with E-state index in [1.54, 1.807) is 32.2 Å². The highest BCUT2D eigenvalue weighted by atomic mass is 32.2. The average molecular weight is 401 g/mol. The molecular weight excluding hydrogens is 378 g/mol. The molecule has 1 aliphatic heterocycles. The number of benzene rings is 2. The van der Waals surface area contributed by atoms with Gasteiger partial charge in [0.25, 0.3) is 0 Å². The Morgan fingerprint density at radius 2 is 1.89 bits per heavy atom. The van der Waals surface area contributed by atoms with Gasteiger partial charge in [0.05, 0.1) is 30.8 Å². The standard InChI is InChI=1S/C20H23N3O4S/c1-4-20(24)23-19(14-9-11-15(27-2)12-10-14)13-18(21-23)16-7-5-6-8-17(16)22-28(3,25)26/h5-12,19,22H,4,13H2,1-3H3. The summed E-state index contributed by atoms with van der Waals surface area (Å²) < 4.78 is 31.1. The number of carbonyl (C=O) groups is 1. The number of methoxy groups -OCH3 is 1. The first-order valence-corrected chi connectivity index (χ1v) is 10.8. The number of rotatable bonds is 6. The lowest BCUT2D eigenvalue weighted by Crippen LogP contribution is -2.26. The molecule has 0 saturated carbocycles. The predicted molar refractivity (Wildman–Crippen MR) is 109 cm³/mol. The number of hydrogen-bond donors (Lipinski definition) is 1. The Kier molecular flexibility index (Phi) is 5.69. The molecule has 1 amide bonds. The van der Waals surface area contributed by atoms with Gasteiger partial charge in [0.2, 0.25) is 15.9 Å². The van der Waals surface area contributed by atoms with Crippen LogP contribution in [0.3, 0.4) is 0 Å². The summed E-state index contributed by atoms with van der Waals surface area (Å²) in [6.45, 7) is 1.79. The fourth-order valence-corrected chi connectivity index (χ4v) is 3.75. The van der Waals surface area contributed by atoms with E-state index in [0.717, 1.165) is 17.6 Å². The molecule has 28 heavy (non-hydrogen) atoms. The first kappa shape index (κ1) is 19.9. The molecule has 1 aliphatic rings. The third-order valence-electron chi connectivity index (χ3n) is 4.50. The highest BCUT2D eigenvalue weighted by Crippen LogP contribution is 2.35. The molecule has 148 valence electrons. The summed E-state index contributed by atoms with van der Waals surface area (Å²) in [5, 5.41) is 6.05. The number of anilines is 1. The molecule has 3 rings (SSSR count). The summed E-state index contributed by atoms with van der Waals surface area (Å²) in [6.07, 6.45) is 1.92. The lowest BCUT2D eigenvalue weighted by molar-refractivity contribution is -0.132. The zero-order valence-corrected chi connectivity index (χ0v) is 16.9. The van der Waals surface area contributed by atoms with Gasteiger partial charge in [0.1, 0.15) is 5.75 Å². The summed E-state index contributed by atoms with van der Waals surface area (Å²) in [5.74, 6) is 0.642. The summed E-state index contributed by atoms with van der Waals surface area (Å²) in [7, 11) is -1.83. The minimum Gasteiger partial charge on any atom is -0.497 e. The second-order valence-corrected chi connectivity index (χ2v) is 8.30. The van der Waals surface area contributed by atoms with E-state index in [-0.39, 0.29) is 11.9 Å². The largest absolute Gasteiger partial charge is 0.497 e. The van der Waals surface area contributed by atoms with Crippen LogP contribution in [0, 0.1) is 0 Å². The zero-order valence-electron chi connectivity index (χ0n) is 16.0. The molecule has 1 atom stereocenters. The van der Waals surface area contributed by atoms with Crippen LogP contribution in [0.15, 0.2) is 53.6 Å². The third-order valence-corrected chi connectivity index (χ3v) is 5.09. The maximum Gasteiger partial charge on any atom is 0.242 e. The number of para-hydroxylation sites is 1. The number of nitrogens with zero attached hydrogens (tertiary/aromatic N) is 2. The molecule has 2 aromatic rings. The van der Waals surface area contributed by atoms with E-state index >= 15 is 0 Å². The van der Waals surface area contributed by atoms with Gasteiger partial charge < -0.3 is 4.74 Å². The van der Waals surface area contributed by atoms with Crippen molar-refractivity contribution >= 4 is 27.3 Å². The summed E-state index contributed by atoms with van der Waals surface area (Å²) in [5.41, 5.74) is 2.71. The summed E-state index contributed by atoms with van der Waals surface area (Å²) in [6, 6.07) is 14.3. The van der Waals surface area contributed by atoms with Gasteiger partial charge in [0.15, 0.2) is 0 Å². The van der Waals surface area contributed by atoms with E-state index in [0.29, 0.717) is 29.8 Å². The molecule has 0 fully saturated rings. The Labute approximate surface area is 165 Å². The van der Waals surface area contributed by atoms with Gasteiger partial charge in [-0.25, -0.2) is 13.4 Å². The van der Waals surface area contributed by atoms with Crippen LogP contribution in [0.25, 0.3) is 0 Å². The predicted octanol–water partition coefficient (Wildman–Crippen LogP) is 3.15. The van der Waals surface area contributed by atoms with E-state index < -0.39 is 10.0 Å². The van der Waals surface area contributed by atoms with Crippen LogP contribution in [0.2, 0.25) is 0 Å². The molecule has 1 N–H and O–H groups in total. The van der Waals surface area contributed by atoms with E-state index in [1.807, 2.05) is 30.3 Å². The third kappa shape index (κ3) is 4.33. The van der Waals surface area contributed by atoms with Crippen LogP contribution in [0.5, 0.6) is 5.75 Å². The average Bonchev–Trinajstić information content (AvgIpc) is 3.12. The van der Waals surface area contributed by atoms with E-state index in [9.17, 15) is 13.2 Å². The number of ether oxygens (including phenoxy) is 1. The zero-order chi connectivity index (χ0) is 20.3. The van der Waals surface area contributed by atoms with Gasteiger partial charge in [-0.2, -0.15) is 5.10 Å².